The lowest BCUT2D eigenvalue weighted by molar-refractivity contribution is -0.274. The number of rotatable bonds is 5. The molecule has 0 saturated carbocycles. The van der Waals surface area contributed by atoms with Gasteiger partial charge in [-0.25, -0.2) is 0 Å². The summed E-state index contributed by atoms with van der Waals surface area (Å²) in [6.45, 7) is 3.29. The topological polar surface area (TPSA) is 35.5 Å². The maximum atomic E-state index is 12.1. The molecule has 0 fully saturated rings. The molecule has 0 spiro atoms. The van der Waals surface area contributed by atoms with Crippen molar-refractivity contribution in [2.45, 2.75) is 32.7 Å². The van der Waals surface area contributed by atoms with Gasteiger partial charge in [-0.3, -0.25) is 4.79 Å². The van der Waals surface area contributed by atoms with E-state index in [4.69, 9.17) is 4.74 Å². The van der Waals surface area contributed by atoms with Crippen LogP contribution >= 0.6 is 15.9 Å². The van der Waals surface area contributed by atoms with Crippen LogP contribution in [0.3, 0.4) is 0 Å². The van der Waals surface area contributed by atoms with Gasteiger partial charge in [0.2, 0.25) is 0 Å². The summed E-state index contributed by atoms with van der Waals surface area (Å²) in [6, 6.07) is 3.75. The number of carbonyl (C=O) groups excluding carboxylic acids is 1. The van der Waals surface area contributed by atoms with Crippen molar-refractivity contribution in [2.75, 3.05) is 0 Å². The Balaban J connectivity index is 2.80. The van der Waals surface area contributed by atoms with Crippen LogP contribution in [-0.2, 0) is 4.79 Å². The molecule has 0 bridgehead atoms. The van der Waals surface area contributed by atoms with Gasteiger partial charge in [0, 0.05) is 6.42 Å². The molecule has 0 aromatic heterocycles. The standard InChI is InChI=1S/C12H12BrF3O3/c1-3-10(17)7(2)18-8-4-5-11(9(13)6-8)19-12(14,15)16/h4-7H,3H2,1-2H3. The fraction of sp³-hybridized carbons (Fsp3) is 0.417. The summed E-state index contributed by atoms with van der Waals surface area (Å²) in [5.74, 6) is -0.170. The summed E-state index contributed by atoms with van der Waals surface area (Å²) in [4.78, 5) is 11.3. The normalized spacial score (nSPS) is 12.9. The quantitative estimate of drug-likeness (QED) is 0.809. The first-order valence-electron chi connectivity index (χ1n) is 5.47. The van der Waals surface area contributed by atoms with E-state index in [0.29, 0.717) is 6.42 Å². The van der Waals surface area contributed by atoms with Crippen molar-refractivity contribution in [3.63, 3.8) is 0 Å². The number of ketones is 1. The Bertz CT molecular complexity index is 460. The van der Waals surface area contributed by atoms with Gasteiger partial charge >= 0.3 is 6.36 Å². The third-order valence-electron chi connectivity index (χ3n) is 2.24. The Hall–Kier alpha value is -1.24. The molecule has 0 aliphatic rings. The van der Waals surface area contributed by atoms with Crippen molar-refractivity contribution >= 4 is 21.7 Å². The maximum Gasteiger partial charge on any atom is 0.573 e. The van der Waals surface area contributed by atoms with Gasteiger partial charge in [-0.2, -0.15) is 0 Å². The van der Waals surface area contributed by atoms with Gasteiger partial charge in [0.15, 0.2) is 11.9 Å². The van der Waals surface area contributed by atoms with E-state index in [2.05, 4.69) is 20.7 Å². The highest BCUT2D eigenvalue weighted by molar-refractivity contribution is 9.10. The summed E-state index contributed by atoms with van der Waals surface area (Å²) >= 11 is 2.95. The lowest BCUT2D eigenvalue weighted by Gasteiger charge is -2.15. The number of hydrogen-bond donors (Lipinski definition) is 0. The average Bonchev–Trinajstić information content (AvgIpc) is 2.30. The average molecular weight is 341 g/mol. The molecular formula is C12H12BrF3O3. The third kappa shape index (κ3) is 5.10. The molecule has 0 aliphatic heterocycles. The molecule has 1 rings (SSSR count). The predicted molar refractivity (Wildman–Crippen MR) is 66.2 cm³/mol. The molecule has 0 saturated heterocycles. The highest BCUT2D eigenvalue weighted by Crippen LogP contribution is 2.33. The van der Waals surface area contributed by atoms with Crippen LogP contribution in [0.1, 0.15) is 20.3 Å². The van der Waals surface area contributed by atoms with E-state index >= 15 is 0 Å². The smallest absolute Gasteiger partial charge is 0.483 e. The number of Topliss-reactive ketones (excluding diaryl/α,β-unsaturated/α-hetero) is 1. The molecule has 0 heterocycles. The Kier molecular flexibility index (Phi) is 5.22. The first kappa shape index (κ1) is 15.8. The molecule has 106 valence electrons. The third-order valence-corrected chi connectivity index (χ3v) is 2.86. The van der Waals surface area contributed by atoms with Crippen LogP contribution in [0.5, 0.6) is 11.5 Å². The molecule has 1 aromatic rings. The maximum absolute atomic E-state index is 12.1. The van der Waals surface area contributed by atoms with E-state index in [1.807, 2.05) is 0 Å². The summed E-state index contributed by atoms with van der Waals surface area (Å²) < 4.78 is 45.4. The summed E-state index contributed by atoms with van der Waals surface area (Å²) in [6.07, 6.45) is -5.07. The van der Waals surface area contributed by atoms with Gasteiger partial charge in [0.05, 0.1) is 4.47 Å². The number of alkyl halides is 3. The Morgan fingerprint density at radius 2 is 2.05 bits per heavy atom. The largest absolute Gasteiger partial charge is 0.573 e. The van der Waals surface area contributed by atoms with Crippen LogP contribution in [-0.4, -0.2) is 18.2 Å². The zero-order valence-electron chi connectivity index (χ0n) is 10.3. The van der Waals surface area contributed by atoms with E-state index in [1.165, 1.54) is 12.1 Å². The first-order valence-corrected chi connectivity index (χ1v) is 6.27. The van der Waals surface area contributed by atoms with Crippen LogP contribution in [0.25, 0.3) is 0 Å². The van der Waals surface area contributed by atoms with Crippen LogP contribution in [0.4, 0.5) is 13.2 Å². The monoisotopic (exact) mass is 340 g/mol. The predicted octanol–water partition coefficient (Wildman–Crippen LogP) is 4.09. The number of halogens is 4. The van der Waals surface area contributed by atoms with Gasteiger partial charge in [-0.05, 0) is 41.1 Å². The summed E-state index contributed by atoms with van der Waals surface area (Å²) in [7, 11) is 0. The SMILES string of the molecule is CCC(=O)C(C)Oc1ccc(OC(F)(F)F)c(Br)c1. The lowest BCUT2D eigenvalue weighted by Crippen LogP contribution is -2.22. The minimum atomic E-state index is -4.75. The Morgan fingerprint density at radius 1 is 1.42 bits per heavy atom. The minimum absolute atomic E-state index is 0.0910. The molecule has 1 aromatic carbocycles. The van der Waals surface area contributed by atoms with Crippen molar-refractivity contribution in [2.24, 2.45) is 0 Å². The van der Waals surface area contributed by atoms with Gasteiger partial charge in [-0.15, -0.1) is 13.2 Å². The zero-order chi connectivity index (χ0) is 14.6. The number of ether oxygens (including phenoxy) is 2. The minimum Gasteiger partial charge on any atom is -0.483 e. The molecule has 19 heavy (non-hydrogen) atoms. The highest BCUT2D eigenvalue weighted by Gasteiger charge is 2.32. The van der Waals surface area contributed by atoms with Gasteiger partial charge in [0.1, 0.15) is 11.5 Å². The fourth-order valence-corrected chi connectivity index (χ4v) is 1.76. The van der Waals surface area contributed by atoms with Crippen molar-refractivity contribution in [3.05, 3.63) is 22.7 Å². The molecule has 1 unspecified atom stereocenters. The Labute approximate surface area is 116 Å². The van der Waals surface area contributed by atoms with Crippen LogP contribution in [0, 0.1) is 0 Å². The van der Waals surface area contributed by atoms with Gasteiger partial charge in [0.25, 0.3) is 0 Å². The molecule has 0 amide bonds. The van der Waals surface area contributed by atoms with Crippen LogP contribution in [0.15, 0.2) is 22.7 Å². The van der Waals surface area contributed by atoms with E-state index in [9.17, 15) is 18.0 Å². The van der Waals surface area contributed by atoms with Crippen molar-refractivity contribution in [1.82, 2.24) is 0 Å². The van der Waals surface area contributed by atoms with Crippen molar-refractivity contribution < 1.29 is 27.4 Å². The van der Waals surface area contributed by atoms with E-state index < -0.39 is 12.5 Å². The zero-order valence-corrected chi connectivity index (χ0v) is 11.8. The van der Waals surface area contributed by atoms with Crippen molar-refractivity contribution in [1.29, 1.82) is 0 Å². The second-order valence-corrected chi connectivity index (χ2v) is 4.57. The molecular weight excluding hydrogens is 329 g/mol. The number of carbonyl (C=O) groups is 1. The van der Waals surface area contributed by atoms with E-state index in [1.54, 1.807) is 13.8 Å². The molecule has 0 aliphatic carbocycles. The summed E-state index contributed by atoms with van der Waals surface area (Å²) in [5.41, 5.74) is 0. The number of hydrogen-bond acceptors (Lipinski definition) is 3. The molecule has 1 atom stereocenters. The lowest BCUT2D eigenvalue weighted by atomic mass is 10.2. The fourth-order valence-electron chi connectivity index (χ4n) is 1.32. The van der Waals surface area contributed by atoms with Gasteiger partial charge in [-0.1, -0.05) is 6.92 Å². The molecule has 7 heteroatoms. The number of benzene rings is 1. The van der Waals surface area contributed by atoms with E-state index in [-0.39, 0.29) is 21.8 Å². The van der Waals surface area contributed by atoms with Gasteiger partial charge < -0.3 is 9.47 Å². The molecule has 0 N–H and O–H groups in total. The van der Waals surface area contributed by atoms with E-state index in [0.717, 1.165) is 6.07 Å². The van der Waals surface area contributed by atoms with Crippen LogP contribution < -0.4 is 9.47 Å². The van der Waals surface area contributed by atoms with Crippen LogP contribution in [0.2, 0.25) is 0 Å². The summed E-state index contributed by atoms with van der Waals surface area (Å²) in [5, 5.41) is 0. The highest BCUT2D eigenvalue weighted by atomic mass is 79.9. The first-order chi connectivity index (χ1) is 8.73. The second kappa shape index (κ2) is 6.27. The van der Waals surface area contributed by atoms with Crippen molar-refractivity contribution in [3.8, 4) is 11.5 Å². The molecule has 0 radical (unpaired) electrons. The molecule has 3 nitrogen and oxygen atoms in total. The Morgan fingerprint density at radius 3 is 2.53 bits per heavy atom. The second-order valence-electron chi connectivity index (χ2n) is 3.72.